The molecule has 0 amide bonds. The summed E-state index contributed by atoms with van der Waals surface area (Å²) in [6, 6.07) is 0. The Morgan fingerprint density at radius 1 is 1.03 bits per heavy atom. The fourth-order valence-corrected chi connectivity index (χ4v) is 7.47. The molecule has 0 saturated heterocycles. The van der Waals surface area contributed by atoms with Gasteiger partial charge in [-0.1, -0.05) is 19.4 Å². The van der Waals surface area contributed by atoms with Crippen LogP contribution in [-0.4, -0.2) is 53.1 Å². The summed E-state index contributed by atoms with van der Waals surface area (Å²) in [5, 5.41) is 0. The zero-order valence-electron chi connectivity index (χ0n) is 18.1. The van der Waals surface area contributed by atoms with E-state index in [1.807, 2.05) is 6.08 Å². The van der Waals surface area contributed by atoms with Crippen LogP contribution in [0.3, 0.4) is 0 Å². The predicted molar refractivity (Wildman–Crippen MR) is 107 cm³/mol. The molecule has 4 aliphatic carbocycles. The third-order valence-electron chi connectivity index (χ3n) is 9.00. The summed E-state index contributed by atoms with van der Waals surface area (Å²) in [7, 11) is 0. The Labute approximate surface area is 197 Å². The maximum Gasteiger partial charge on any atom is 0.450 e. The second-order valence-electron chi connectivity index (χ2n) is 10.2. The monoisotopic (exact) mass is 433 g/mol. The maximum absolute atomic E-state index is 12.7. The molecule has 3 nitrogen and oxygen atoms in total. The molecule has 0 bridgehead atoms. The van der Waals surface area contributed by atoms with Crippen LogP contribution in [0, 0.1) is 34.5 Å². The summed E-state index contributed by atoms with van der Waals surface area (Å²) in [6.07, 6.45) is 2.46. The van der Waals surface area contributed by atoms with Crippen molar-refractivity contribution in [3.8, 4) is 0 Å². The van der Waals surface area contributed by atoms with Gasteiger partial charge in [0.05, 0.1) is 6.42 Å². The summed E-state index contributed by atoms with van der Waals surface area (Å²) >= 11 is 0. The SMILES string of the molecule is C[C@]12CC[C@H]3[C@@H](CCC4=CC(=O)CC[C@@]43C)[C@@H]1CC[C@@H]2C(=O)CC(=O)C(F)(F)F.[Na]. The third kappa shape index (κ3) is 3.79. The van der Waals surface area contributed by atoms with Gasteiger partial charge in [-0.25, -0.2) is 0 Å². The third-order valence-corrected chi connectivity index (χ3v) is 9.00. The minimum Gasteiger partial charge on any atom is -0.299 e. The Kier molecular flexibility index (Phi) is 6.57. The number of hydrogen-bond acceptors (Lipinski definition) is 3. The average molecular weight is 433 g/mol. The molecule has 30 heavy (non-hydrogen) atoms. The standard InChI is InChI=1S/C23H29F3O3.Na/c1-21-9-7-14(27)11-13(21)3-4-15-16-5-6-18(22(16,2)10-8-17(15)21)19(28)12-20(29)23(24,25)26;/h11,15-18H,3-10,12H2,1-2H3;/t15-,16-,17-,18+,21-,22-;/m0./s1. The molecular formula is C23H29F3NaO3. The zero-order chi connectivity index (χ0) is 21.2. The molecule has 0 aromatic rings. The van der Waals surface area contributed by atoms with Crippen molar-refractivity contribution in [1.29, 1.82) is 0 Å². The van der Waals surface area contributed by atoms with E-state index in [0.717, 1.165) is 38.5 Å². The van der Waals surface area contributed by atoms with Gasteiger partial charge in [-0.05, 0) is 79.6 Å². The molecule has 7 heteroatoms. The normalized spacial score (nSPS) is 40.4. The number of fused-ring (bicyclic) bond motifs is 5. The quantitative estimate of drug-likeness (QED) is 0.473. The molecule has 1 radical (unpaired) electrons. The minimum atomic E-state index is -4.94. The van der Waals surface area contributed by atoms with E-state index in [0.29, 0.717) is 30.6 Å². The van der Waals surface area contributed by atoms with E-state index in [1.54, 1.807) is 0 Å². The van der Waals surface area contributed by atoms with Gasteiger partial charge >= 0.3 is 6.18 Å². The summed E-state index contributed by atoms with van der Waals surface area (Å²) in [5.41, 5.74) is 0.999. The van der Waals surface area contributed by atoms with Crippen LogP contribution >= 0.6 is 0 Å². The number of carbonyl (C=O) groups excluding carboxylic acids is 3. The van der Waals surface area contributed by atoms with Crippen molar-refractivity contribution in [1.82, 2.24) is 0 Å². The van der Waals surface area contributed by atoms with Crippen LogP contribution < -0.4 is 0 Å². The number of alkyl halides is 3. The van der Waals surface area contributed by atoms with E-state index in [2.05, 4.69) is 13.8 Å². The Hall–Kier alpha value is -0.460. The first-order chi connectivity index (χ1) is 13.5. The van der Waals surface area contributed by atoms with Gasteiger partial charge in [-0.3, -0.25) is 14.4 Å². The number of allylic oxidation sites excluding steroid dienone is 1. The Morgan fingerprint density at radius 3 is 2.40 bits per heavy atom. The van der Waals surface area contributed by atoms with Crippen LogP contribution in [-0.2, 0) is 14.4 Å². The molecular weight excluding hydrogens is 404 g/mol. The average Bonchev–Trinajstić information content (AvgIpc) is 2.98. The molecule has 0 heterocycles. The van der Waals surface area contributed by atoms with E-state index < -0.39 is 30.1 Å². The zero-order valence-corrected chi connectivity index (χ0v) is 20.1. The van der Waals surface area contributed by atoms with E-state index in [4.69, 9.17) is 0 Å². The van der Waals surface area contributed by atoms with Crippen LogP contribution in [0.25, 0.3) is 0 Å². The molecule has 0 unspecified atom stereocenters. The Bertz CT molecular complexity index is 789. The fourth-order valence-electron chi connectivity index (χ4n) is 7.47. The second kappa shape index (κ2) is 8.15. The molecule has 161 valence electrons. The van der Waals surface area contributed by atoms with E-state index in [-0.39, 0.29) is 46.2 Å². The van der Waals surface area contributed by atoms with E-state index in [9.17, 15) is 27.6 Å². The number of rotatable bonds is 3. The molecule has 3 saturated carbocycles. The van der Waals surface area contributed by atoms with Gasteiger partial charge in [0, 0.05) is 41.9 Å². The molecule has 0 spiro atoms. The number of halogens is 3. The van der Waals surface area contributed by atoms with Crippen LogP contribution in [0.2, 0.25) is 0 Å². The Balaban J connectivity index is 0.00000256. The Morgan fingerprint density at radius 2 is 1.73 bits per heavy atom. The van der Waals surface area contributed by atoms with Gasteiger partial charge < -0.3 is 0 Å². The molecule has 0 N–H and O–H groups in total. The minimum absolute atomic E-state index is 0. The van der Waals surface area contributed by atoms with Crippen molar-refractivity contribution in [3.63, 3.8) is 0 Å². The molecule has 4 rings (SSSR count). The number of hydrogen-bond donors (Lipinski definition) is 0. The summed E-state index contributed by atoms with van der Waals surface area (Å²) in [4.78, 5) is 36.0. The summed E-state index contributed by atoms with van der Waals surface area (Å²) in [5.74, 6) is -1.45. The van der Waals surface area contributed by atoms with Crippen molar-refractivity contribution < 1.29 is 27.6 Å². The van der Waals surface area contributed by atoms with Crippen molar-refractivity contribution >= 4 is 46.9 Å². The van der Waals surface area contributed by atoms with Gasteiger partial charge in [0.1, 0.15) is 5.78 Å². The maximum atomic E-state index is 12.7. The second-order valence-corrected chi connectivity index (χ2v) is 10.2. The van der Waals surface area contributed by atoms with Gasteiger partial charge in [-0.15, -0.1) is 0 Å². The topological polar surface area (TPSA) is 51.2 Å². The van der Waals surface area contributed by atoms with Crippen molar-refractivity contribution in [2.75, 3.05) is 0 Å². The van der Waals surface area contributed by atoms with Crippen LogP contribution in [0.1, 0.15) is 71.6 Å². The van der Waals surface area contributed by atoms with Gasteiger partial charge in [0.25, 0.3) is 0 Å². The van der Waals surface area contributed by atoms with Crippen molar-refractivity contribution in [2.24, 2.45) is 34.5 Å². The van der Waals surface area contributed by atoms with Crippen LogP contribution in [0.4, 0.5) is 13.2 Å². The smallest absolute Gasteiger partial charge is 0.299 e. The first-order valence-electron chi connectivity index (χ1n) is 10.8. The van der Waals surface area contributed by atoms with Crippen molar-refractivity contribution in [3.05, 3.63) is 11.6 Å². The number of carbonyl (C=O) groups is 3. The van der Waals surface area contributed by atoms with Crippen LogP contribution in [0.5, 0.6) is 0 Å². The predicted octanol–water partition coefficient (Wildman–Crippen LogP) is 4.84. The van der Waals surface area contributed by atoms with Crippen molar-refractivity contribution in [2.45, 2.75) is 77.8 Å². The molecule has 4 aliphatic rings. The molecule has 3 fully saturated rings. The fraction of sp³-hybridized carbons (Fsp3) is 0.783. The van der Waals surface area contributed by atoms with Gasteiger partial charge in [0.15, 0.2) is 5.78 Å². The molecule has 0 aromatic carbocycles. The largest absolute Gasteiger partial charge is 0.450 e. The number of ketones is 3. The molecule has 6 atom stereocenters. The first kappa shape index (κ1) is 24.2. The van der Waals surface area contributed by atoms with Crippen LogP contribution in [0.15, 0.2) is 11.6 Å². The van der Waals surface area contributed by atoms with E-state index >= 15 is 0 Å². The molecule has 0 aromatic heterocycles. The van der Waals surface area contributed by atoms with E-state index in [1.165, 1.54) is 5.57 Å². The van der Waals surface area contributed by atoms with Gasteiger partial charge in [0.2, 0.25) is 5.78 Å². The molecule has 0 aliphatic heterocycles. The first-order valence-corrected chi connectivity index (χ1v) is 10.8. The van der Waals surface area contributed by atoms with Gasteiger partial charge in [-0.2, -0.15) is 13.2 Å². The summed E-state index contributed by atoms with van der Waals surface area (Å²) < 4.78 is 37.9. The number of Topliss-reactive ketones (excluding diaryl/α,β-unsaturated/α-hetero) is 2. The summed E-state index contributed by atoms with van der Waals surface area (Å²) in [6.45, 7) is 4.35.